The van der Waals surface area contributed by atoms with Crippen LogP contribution in [0, 0.1) is 0 Å². The van der Waals surface area contributed by atoms with E-state index in [1.807, 2.05) is 12.3 Å². The first-order valence-electron chi connectivity index (χ1n) is 15.6. The average Bonchev–Trinajstić information content (AvgIpc) is 3.79. The lowest BCUT2D eigenvalue weighted by atomic mass is 9.86. The second-order valence-corrected chi connectivity index (χ2v) is 15.0. The zero-order chi connectivity index (χ0) is 31.6. The summed E-state index contributed by atoms with van der Waals surface area (Å²) in [5, 5.41) is 8.02. The van der Waals surface area contributed by atoms with Crippen molar-refractivity contribution in [2.45, 2.75) is 40.0 Å². The van der Waals surface area contributed by atoms with Crippen LogP contribution in [0.4, 0.5) is 11.4 Å². The highest BCUT2D eigenvalue weighted by atomic mass is 32.1. The van der Waals surface area contributed by atoms with Crippen molar-refractivity contribution in [2.75, 3.05) is 16.5 Å². The van der Waals surface area contributed by atoms with Crippen LogP contribution in [0.25, 0.3) is 42.2 Å². The van der Waals surface area contributed by atoms with E-state index in [9.17, 15) is 0 Å². The summed E-state index contributed by atoms with van der Waals surface area (Å²) < 4.78 is 9.19. The monoisotopic (exact) mass is 637 g/mol. The Morgan fingerprint density at radius 1 is 0.717 bits per heavy atom. The van der Waals surface area contributed by atoms with Crippen LogP contribution in [0.2, 0.25) is 0 Å². The Morgan fingerprint density at radius 2 is 1.50 bits per heavy atom. The molecule has 4 heterocycles. The summed E-state index contributed by atoms with van der Waals surface area (Å²) in [4.78, 5) is 9.60. The highest BCUT2D eigenvalue weighted by Crippen LogP contribution is 2.46. The van der Waals surface area contributed by atoms with Gasteiger partial charge in [0, 0.05) is 72.2 Å². The second-order valence-electron chi connectivity index (χ2n) is 13.0. The smallest absolute Gasteiger partial charge is 0.182 e. The topological polar surface area (TPSA) is 28.6 Å². The molecule has 228 valence electrons. The number of allylic oxidation sites excluding steroid dienone is 2. The van der Waals surface area contributed by atoms with E-state index in [0.29, 0.717) is 0 Å². The molecule has 0 saturated heterocycles. The SMILES string of the molecule is CC1=C(C)N(c2cccc(Oc3cc4c(-c5cc(C(C)(C)C)ccn5)cc5c6ccsc6ccc5c4s3)c2)CN1c1ccccc1. The fourth-order valence-electron chi connectivity index (χ4n) is 6.45. The van der Waals surface area contributed by atoms with E-state index in [4.69, 9.17) is 9.72 Å². The number of ether oxygens (including phenoxy) is 1. The molecule has 1 aliphatic heterocycles. The van der Waals surface area contributed by atoms with Crippen molar-refractivity contribution < 1.29 is 4.74 Å². The third-order valence-corrected chi connectivity index (χ3v) is 11.1. The van der Waals surface area contributed by atoms with Crippen molar-refractivity contribution in [3.63, 3.8) is 0 Å². The Morgan fingerprint density at radius 3 is 2.30 bits per heavy atom. The van der Waals surface area contributed by atoms with Crippen LogP contribution in [-0.2, 0) is 5.41 Å². The van der Waals surface area contributed by atoms with Crippen LogP contribution < -0.4 is 14.5 Å². The van der Waals surface area contributed by atoms with Gasteiger partial charge >= 0.3 is 0 Å². The quantitative estimate of drug-likeness (QED) is 0.188. The van der Waals surface area contributed by atoms with Gasteiger partial charge in [-0.05, 0) is 90.2 Å². The third kappa shape index (κ3) is 4.93. The molecule has 0 spiro atoms. The number of fused-ring (bicyclic) bond motifs is 5. The van der Waals surface area contributed by atoms with E-state index in [0.717, 1.165) is 34.4 Å². The highest BCUT2D eigenvalue weighted by molar-refractivity contribution is 7.22. The number of hydrogen-bond acceptors (Lipinski definition) is 6. The Balaban J connectivity index is 1.20. The predicted molar refractivity (Wildman–Crippen MR) is 198 cm³/mol. The van der Waals surface area contributed by atoms with Crippen molar-refractivity contribution in [1.82, 2.24) is 4.98 Å². The lowest BCUT2D eigenvalue weighted by Crippen LogP contribution is -2.26. The molecule has 6 heteroatoms. The zero-order valence-corrected chi connectivity index (χ0v) is 28.3. The highest BCUT2D eigenvalue weighted by Gasteiger charge is 2.26. The van der Waals surface area contributed by atoms with Crippen LogP contribution in [0.3, 0.4) is 0 Å². The van der Waals surface area contributed by atoms with Crippen molar-refractivity contribution in [3.8, 4) is 22.1 Å². The maximum absolute atomic E-state index is 6.67. The molecular formula is C40H35N3OS2. The van der Waals surface area contributed by atoms with E-state index < -0.39 is 0 Å². The molecule has 46 heavy (non-hydrogen) atoms. The van der Waals surface area contributed by atoms with Crippen LogP contribution in [-0.4, -0.2) is 11.7 Å². The maximum Gasteiger partial charge on any atom is 0.182 e. The van der Waals surface area contributed by atoms with Gasteiger partial charge < -0.3 is 14.5 Å². The Bertz CT molecular complexity index is 2290. The summed E-state index contributed by atoms with van der Waals surface area (Å²) in [5.41, 5.74) is 8.24. The van der Waals surface area contributed by atoms with E-state index in [-0.39, 0.29) is 5.41 Å². The average molecular weight is 638 g/mol. The van der Waals surface area contributed by atoms with Crippen molar-refractivity contribution >= 4 is 65.0 Å². The summed E-state index contributed by atoms with van der Waals surface area (Å²) in [7, 11) is 0. The van der Waals surface area contributed by atoms with Crippen LogP contribution in [0.5, 0.6) is 10.8 Å². The minimum atomic E-state index is 0.0295. The Labute approximate surface area is 277 Å². The molecular weight excluding hydrogens is 603 g/mol. The normalized spacial score (nSPS) is 13.9. The number of aromatic nitrogens is 1. The number of hydrogen-bond donors (Lipinski definition) is 0. The summed E-state index contributed by atoms with van der Waals surface area (Å²) in [6.07, 6.45) is 1.95. The predicted octanol–water partition coefficient (Wildman–Crippen LogP) is 12.0. The molecule has 4 aromatic carbocycles. The molecule has 0 bridgehead atoms. The number of thiophene rings is 2. The maximum atomic E-state index is 6.67. The van der Waals surface area contributed by atoms with E-state index in [1.54, 1.807) is 22.7 Å². The molecule has 4 nitrogen and oxygen atoms in total. The molecule has 0 unspecified atom stereocenters. The lowest BCUT2D eigenvalue weighted by molar-refractivity contribution is 0.497. The summed E-state index contributed by atoms with van der Waals surface area (Å²) in [6, 6.07) is 34.7. The van der Waals surface area contributed by atoms with E-state index >= 15 is 0 Å². The first kappa shape index (κ1) is 28.8. The van der Waals surface area contributed by atoms with Gasteiger partial charge in [0.2, 0.25) is 0 Å². The summed E-state index contributed by atoms with van der Waals surface area (Å²) in [6.45, 7) is 11.9. The molecule has 0 aliphatic carbocycles. The largest absolute Gasteiger partial charge is 0.447 e. The number of nitrogens with zero attached hydrogens (tertiary/aromatic N) is 3. The molecule has 0 atom stereocenters. The number of pyridine rings is 1. The van der Waals surface area contributed by atoms with E-state index in [1.165, 1.54) is 53.6 Å². The minimum absolute atomic E-state index is 0.0295. The summed E-state index contributed by atoms with van der Waals surface area (Å²) in [5.74, 6) is 0.826. The van der Waals surface area contributed by atoms with Crippen molar-refractivity contribution in [2.24, 2.45) is 0 Å². The van der Waals surface area contributed by atoms with Gasteiger partial charge in [0.1, 0.15) is 5.75 Å². The Hall–Kier alpha value is -4.65. The number of rotatable bonds is 5. The van der Waals surface area contributed by atoms with Gasteiger partial charge in [-0.15, -0.1) is 11.3 Å². The molecule has 0 radical (unpaired) electrons. The van der Waals surface area contributed by atoms with Crippen LogP contribution in [0.15, 0.2) is 120 Å². The van der Waals surface area contributed by atoms with Crippen molar-refractivity contribution in [3.05, 3.63) is 126 Å². The van der Waals surface area contributed by atoms with Gasteiger partial charge in [0.05, 0.1) is 12.4 Å². The first-order valence-corrected chi connectivity index (χ1v) is 17.3. The molecule has 7 aromatic rings. The second kappa shape index (κ2) is 11.0. The number of para-hydroxylation sites is 1. The molecule has 3 aromatic heterocycles. The van der Waals surface area contributed by atoms with Gasteiger partial charge in [0.25, 0.3) is 0 Å². The minimum Gasteiger partial charge on any atom is -0.447 e. The van der Waals surface area contributed by atoms with Crippen LogP contribution >= 0.6 is 22.7 Å². The van der Waals surface area contributed by atoms with Gasteiger partial charge in [-0.25, -0.2) is 0 Å². The molecule has 1 aliphatic rings. The third-order valence-electron chi connectivity index (χ3n) is 9.14. The van der Waals surface area contributed by atoms with E-state index in [2.05, 4.69) is 141 Å². The molecule has 0 fully saturated rings. The van der Waals surface area contributed by atoms with Gasteiger partial charge in [-0.3, -0.25) is 4.98 Å². The summed E-state index contributed by atoms with van der Waals surface area (Å²) >= 11 is 3.50. The fraction of sp³-hybridized carbons (Fsp3) is 0.175. The lowest BCUT2D eigenvalue weighted by Gasteiger charge is -2.24. The number of anilines is 2. The Kier molecular flexibility index (Phi) is 6.89. The standard InChI is InChI=1S/C40H35N3OS2/c1-25-26(2)43(24-42(25)28-10-7-6-8-11-28)29-12-9-13-30(21-29)44-38-23-35-34(36-20-27(16-18-41-36)40(3,4)5)22-33-31-17-19-45-37(31)15-14-32(33)39(35)46-38/h6-23H,24H2,1-5H3. The molecule has 8 rings (SSSR count). The molecule has 0 N–H and O–H groups in total. The fourth-order valence-corrected chi connectivity index (χ4v) is 8.34. The van der Waals surface area contributed by atoms with Gasteiger partial charge in [0.15, 0.2) is 5.06 Å². The first-order chi connectivity index (χ1) is 22.2. The molecule has 0 amide bonds. The van der Waals surface area contributed by atoms with Crippen molar-refractivity contribution in [1.29, 1.82) is 0 Å². The van der Waals surface area contributed by atoms with Gasteiger partial charge in [-0.2, -0.15) is 0 Å². The molecule has 0 saturated carbocycles. The van der Waals surface area contributed by atoms with Gasteiger partial charge in [-0.1, -0.05) is 62.4 Å². The van der Waals surface area contributed by atoms with Crippen LogP contribution in [0.1, 0.15) is 40.2 Å². The zero-order valence-electron chi connectivity index (χ0n) is 26.7. The number of benzene rings is 4.